The Kier molecular flexibility index (Phi) is 6.62. The minimum absolute atomic E-state index is 0.0962. The van der Waals surface area contributed by atoms with Gasteiger partial charge in [0.2, 0.25) is 0 Å². The van der Waals surface area contributed by atoms with E-state index in [2.05, 4.69) is 10.2 Å². The first-order valence-corrected chi connectivity index (χ1v) is 12.5. The molecule has 174 valence electrons. The van der Waals surface area contributed by atoms with Crippen LogP contribution >= 0.6 is 11.6 Å². The minimum Gasteiger partial charge on any atom is -0.497 e. The van der Waals surface area contributed by atoms with Crippen LogP contribution < -0.4 is 9.47 Å². The lowest BCUT2D eigenvalue weighted by Crippen LogP contribution is -2.33. The maximum absolute atomic E-state index is 13.2. The molecule has 1 aliphatic heterocycles. The van der Waals surface area contributed by atoms with Gasteiger partial charge in [0, 0.05) is 23.7 Å². The van der Waals surface area contributed by atoms with Gasteiger partial charge in [-0.1, -0.05) is 29.8 Å². The molecule has 1 aliphatic rings. The van der Waals surface area contributed by atoms with Crippen molar-refractivity contribution in [3.8, 4) is 22.8 Å². The van der Waals surface area contributed by atoms with E-state index in [-0.39, 0.29) is 36.9 Å². The number of nitrogens with one attached hydrogen (secondary N) is 1. The van der Waals surface area contributed by atoms with Crippen LogP contribution in [0.15, 0.2) is 48.5 Å². The Balaban J connectivity index is 1.57. The van der Waals surface area contributed by atoms with Crippen molar-refractivity contribution < 1.29 is 22.7 Å². The highest BCUT2D eigenvalue weighted by molar-refractivity contribution is 7.91. The molecule has 1 N–H and O–H groups in total. The zero-order valence-electron chi connectivity index (χ0n) is 18.2. The van der Waals surface area contributed by atoms with Crippen molar-refractivity contribution in [3.05, 3.63) is 64.8 Å². The SMILES string of the molecule is COc1ccc(OC)c(-c2cc(C(=O)N3CCC(c4ccccc4Cl)S(=O)(=O)CC3)[nH]n2)c1. The summed E-state index contributed by atoms with van der Waals surface area (Å²) in [6.45, 7) is 0.379. The van der Waals surface area contributed by atoms with Gasteiger partial charge in [0.25, 0.3) is 5.91 Å². The molecule has 3 aromatic rings. The van der Waals surface area contributed by atoms with Gasteiger partial charge in [-0.05, 0) is 42.3 Å². The molecular formula is C23H24ClN3O5S. The van der Waals surface area contributed by atoms with Crippen LogP contribution in [0.1, 0.15) is 27.7 Å². The van der Waals surface area contributed by atoms with Gasteiger partial charge in [0.1, 0.15) is 17.2 Å². The molecule has 0 radical (unpaired) electrons. The van der Waals surface area contributed by atoms with Gasteiger partial charge in [0.15, 0.2) is 9.84 Å². The molecule has 1 amide bonds. The molecule has 0 spiro atoms. The highest BCUT2D eigenvalue weighted by Gasteiger charge is 2.34. The second-order valence-electron chi connectivity index (χ2n) is 7.69. The van der Waals surface area contributed by atoms with Crippen molar-refractivity contribution in [2.24, 2.45) is 0 Å². The number of hydrogen-bond acceptors (Lipinski definition) is 6. The quantitative estimate of drug-likeness (QED) is 0.585. The number of hydrogen-bond donors (Lipinski definition) is 1. The van der Waals surface area contributed by atoms with Crippen molar-refractivity contribution >= 4 is 27.3 Å². The molecule has 33 heavy (non-hydrogen) atoms. The lowest BCUT2D eigenvalue weighted by atomic mass is 10.1. The first-order chi connectivity index (χ1) is 15.8. The van der Waals surface area contributed by atoms with Gasteiger partial charge in [-0.3, -0.25) is 9.89 Å². The third-order valence-corrected chi connectivity index (χ3v) is 8.22. The molecule has 0 aliphatic carbocycles. The number of ether oxygens (including phenoxy) is 2. The Morgan fingerprint density at radius 2 is 1.91 bits per heavy atom. The molecule has 2 aromatic carbocycles. The molecule has 1 aromatic heterocycles. The number of nitrogens with zero attached hydrogens (tertiary/aromatic N) is 2. The highest BCUT2D eigenvalue weighted by Crippen LogP contribution is 2.35. The van der Waals surface area contributed by atoms with Gasteiger partial charge in [-0.2, -0.15) is 5.10 Å². The summed E-state index contributed by atoms with van der Waals surface area (Å²) >= 11 is 6.26. The van der Waals surface area contributed by atoms with Crippen LogP contribution in [-0.4, -0.2) is 62.5 Å². The van der Waals surface area contributed by atoms with Crippen LogP contribution in [-0.2, 0) is 9.84 Å². The van der Waals surface area contributed by atoms with E-state index < -0.39 is 15.1 Å². The minimum atomic E-state index is -3.47. The molecule has 1 saturated heterocycles. The monoisotopic (exact) mass is 489 g/mol. The third-order valence-electron chi connectivity index (χ3n) is 5.77. The summed E-state index contributed by atoms with van der Waals surface area (Å²) in [6, 6.07) is 13.9. The molecule has 10 heteroatoms. The summed E-state index contributed by atoms with van der Waals surface area (Å²) in [4.78, 5) is 14.7. The fourth-order valence-corrected chi connectivity index (χ4v) is 6.13. The van der Waals surface area contributed by atoms with Crippen LogP contribution in [0.5, 0.6) is 11.5 Å². The van der Waals surface area contributed by atoms with Crippen molar-refractivity contribution in [2.75, 3.05) is 33.1 Å². The number of carbonyl (C=O) groups is 1. The van der Waals surface area contributed by atoms with E-state index in [1.54, 1.807) is 62.8 Å². The number of carbonyl (C=O) groups excluding carboxylic acids is 1. The summed E-state index contributed by atoms with van der Waals surface area (Å²) in [5.74, 6) is 0.764. The lowest BCUT2D eigenvalue weighted by Gasteiger charge is -2.19. The zero-order valence-corrected chi connectivity index (χ0v) is 19.8. The Morgan fingerprint density at radius 1 is 1.12 bits per heavy atom. The molecule has 8 nitrogen and oxygen atoms in total. The van der Waals surface area contributed by atoms with Gasteiger partial charge >= 0.3 is 0 Å². The van der Waals surface area contributed by atoms with Crippen molar-refractivity contribution in [1.29, 1.82) is 0 Å². The maximum Gasteiger partial charge on any atom is 0.271 e. The summed E-state index contributed by atoms with van der Waals surface area (Å²) in [7, 11) is -0.357. The highest BCUT2D eigenvalue weighted by atomic mass is 35.5. The second kappa shape index (κ2) is 9.44. The molecule has 0 bridgehead atoms. The number of rotatable bonds is 5. The van der Waals surface area contributed by atoms with Crippen LogP contribution in [0.4, 0.5) is 0 Å². The van der Waals surface area contributed by atoms with E-state index in [0.717, 1.165) is 0 Å². The number of aromatic amines is 1. The van der Waals surface area contributed by atoms with E-state index in [0.29, 0.717) is 33.3 Å². The van der Waals surface area contributed by atoms with Crippen LogP contribution in [0.25, 0.3) is 11.3 Å². The Hall–Kier alpha value is -3.04. The molecule has 0 saturated carbocycles. The Morgan fingerprint density at radius 3 is 2.64 bits per heavy atom. The van der Waals surface area contributed by atoms with E-state index >= 15 is 0 Å². The van der Waals surface area contributed by atoms with Gasteiger partial charge in [0.05, 0.1) is 30.9 Å². The molecule has 2 heterocycles. The van der Waals surface area contributed by atoms with Crippen LogP contribution in [0, 0.1) is 0 Å². The van der Waals surface area contributed by atoms with Gasteiger partial charge in [-0.25, -0.2) is 8.42 Å². The average molecular weight is 490 g/mol. The van der Waals surface area contributed by atoms with E-state index in [9.17, 15) is 13.2 Å². The molecule has 1 atom stereocenters. The third kappa shape index (κ3) is 4.69. The fourth-order valence-electron chi connectivity index (χ4n) is 3.99. The number of H-pyrrole nitrogens is 1. The van der Waals surface area contributed by atoms with Gasteiger partial charge in [-0.15, -0.1) is 0 Å². The number of halogens is 1. The maximum atomic E-state index is 13.2. The summed E-state index contributed by atoms with van der Waals surface area (Å²) in [6.07, 6.45) is 0.266. The summed E-state index contributed by atoms with van der Waals surface area (Å²) in [5.41, 5.74) is 2.03. The van der Waals surface area contributed by atoms with E-state index in [4.69, 9.17) is 21.1 Å². The lowest BCUT2D eigenvalue weighted by molar-refractivity contribution is 0.0760. The second-order valence-corrected chi connectivity index (χ2v) is 10.4. The van der Waals surface area contributed by atoms with E-state index in [1.807, 2.05) is 0 Å². The Bertz CT molecular complexity index is 1270. The van der Waals surface area contributed by atoms with E-state index in [1.165, 1.54) is 4.90 Å². The number of sulfone groups is 1. The standard InChI is InChI=1S/C23H24ClN3O5S/c1-31-15-7-8-21(32-2)17(13-15)19-14-20(26-25-19)23(28)27-10-9-22(33(29,30)12-11-27)16-5-3-4-6-18(16)24/h3-8,13-14,22H,9-12H2,1-2H3,(H,25,26). The normalized spacial score (nSPS) is 17.9. The zero-order chi connectivity index (χ0) is 23.6. The van der Waals surface area contributed by atoms with Gasteiger partial charge < -0.3 is 14.4 Å². The fraction of sp³-hybridized carbons (Fsp3) is 0.304. The predicted octanol–water partition coefficient (Wildman–Crippen LogP) is 3.75. The number of benzene rings is 2. The first kappa shape index (κ1) is 23.1. The first-order valence-electron chi connectivity index (χ1n) is 10.4. The van der Waals surface area contributed by atoms with Crippen molar-refractivity contribution in [1.82, 2.24) is 15.1 Å². The largest absolute Gasteiger partial charge is 0.497 e. The van der Waals surface area contributed by atoms with Crippen LogP contribution in [0.2, 0.25) is 5.02 Å². The molecular weight excluding hydrogens is 466 g/mol. The van der Waals surface area contributed by atoms with Crippen LogP contribution in [0.3, 0.4) is 0 Å². The van der Waals surface area contributed by atoms with Crippen molar-refractivity contribution in [3.63, 3.8) is 0 Å². The summed E-state index contributed by atoms with van der Waals surface area (Å²) < 4.78 is 36.6. The molecule has 1 unspecified atom stereocenters. The Labute approximate surface area is 197 Å². The van der Waals surface area contributed by atoms with Crippen molar-refractivity contribution in [2.45, 2.75) is 11.7 Å². The number of methoxy groups -OCH3 is 2. The number of amides is 1. The smallest absolute Gasteiger partial charge is 0.271 e. The average Bonchev–Trinajstić information content (AvgIpc) is 3.25. The molecule has 1 fully saturated rings. The number of aromatic nitrogens is 2. The molecule has 4 rings (SSSR count). The summed E-state index contributed by atoms with van der Waals surface area (Å²) in [5, 5.41) is 6.71. The predicted molar refractivity (Wildman–Crippen MR) is 126 cm³/mol. The topological polar surface area (TPSA) is 102 Å².